The lowest BCUT2D eigenvalue weighted by atomic mass is 9.96. The summed E-state index contributed by atoms with van der Waals surface area (Å²) in [4.78, 5) is 14.2. The lowest BCUT2D eigenvalue weighted by Gasteiger charge is -2.14. The van der Waals surface area contributed by atoms with Crippen LogP contribution >= 0.6 is 0 Å². The summed E-state index contributed by atoms with van der Waals surface area (Å²) in [5.41, 5.74) is 10.7. The maximum atomic E-state index is 12.6. The van der Waals surface area contributed by atoms with Gasteiger partial charge in [0.25, 0.3) is 5.91 Å². The number of carbonyl (C=O) groups is 1. The van der Waals surface area contributed by atoms with Crippen molar-refractivity contribution >= 4 is 22.6 Å². The maximum Gasteiger partial charge on any atom is 0.254 e. The van der Waals surface area contributed by atoms with E-state index in [1.54, 1.807) is 4.90 Å². The van der Waals surface area contributed by atoms with E-state index in [4.69, 9.17) is 11.0 Å². The first-order valence-corrected chi connectivity index (χ1v) is 7.81. The molecule has 0 saturated heterocycles. The fraction of sp³-hybridized carbons (Fsp3) is 0.105. The van der Waals surface area contributed by atoms with E-state index < -0.39 is 0 Å². The Hall–Kier alpha value is -3.59. The molecule has 3 aromatic rings. The molecule has 0 spiro atoms. The number of amides is 1. The SMILES string of the molecule is C=C(C#N)CN1Cc2c(cccc2-c2ccc3[nH]nc(N)c3c2)C1=O. The van der Waals surface area contributed by atoms with Crippen molar-refractivity contribution in [3.05, 3.63) is 59.7 Å². The standard InChI is InChI=1S/C19H15N5O/c1-11(8-20)9-24-10-16-13(3-2-4-14(16)19(24)25)12-5-6-17-15(7-12)18(21)23-22-17/h2-7H,1,9-10H2,(H3,21,22,23). The number of aromatic nitrogens is 2. The van der Waals surface area contributed by atoms with Crippen molar-refractivity contribution in [3.63, 3.8) is 0 Å². The van der Waals surface area contributed by atoms with Gasteiger partial charge in [0, 0.05) is 23.1 Å². The molecule has 0 bridgehead atoms. The largest absolute Gasteiger partial charge is 0.382 e. The molecule has 122 valence electrons. The number of hydrogen-bond acceptors (Lipinski definition) is 4. The van der Waals surface area contributed by atoms with Crippen LogP contribution < -0.4 is 5.73 Å². The zero-order chi connectivity index (χ0) is 17.6. The lowest BCUT2D eigenvalue weighted by molar-refractivity contribution is 0.0794. The molecule has 0 radical (unpaired) electrons. The van der Waals surface area contributed by atoms with Crippen molar-refractivity contribution in [2.75, 3.05) is 12.3 Å². The summed E-state index contributed by atoms with van der Waals surface area (Å²) >= 11 is 0. The van der Waals surface area contributed by atoms with Gasteiger partial charge in [0.05, 0.1) is 18.1 Å². The van der Waals surface area contributed by atoms with E-state index in [-0.39, 0.29) is 12.5 Å². The topological polar surface area (TPSA) is 98.8 Å². The van der Waals surface area contributed by atoms with Crippen molar-refractivity contribution in [3.8, 4) is 17.2 Å². The molecular formula is C19H15N5O. The van der Waals surface area contributed by atoms with Gasteiger partial charge in [-0.05, 0) is 34.9 Å². The Balaban J connectivity index is 1.79. The Morgan fingerprint density at radius 2 is 2.16 bits per heavy atom. The number of nitrogens with zero attached hydrogens (tertiary/aromatic N) is 3. The van der Waals surface area contributed by atoms with Gasteiger partial charge in [0.2, 0.25) is 0 Å². The molecular weight excluding hydrogens is 314 g/mol. The highest BCUT2D eigenvalue weighted by atomic mass is 16.2. The fourth-order valence-electron chi connectivity index (χ4n) is 3.26. The summed E-state index contributed by atoms with van der Waals surface area (Å²) in [7, 11) is 0. The minimum Gasteiger partial charge on any atom is -0.382 e. The third-order valence-electron chi connectivity index (χ3n) is 4.49. The van der Waals surface area contributed by atoms with E-state index in [0.29, 0.717) is 23.5 Å². The maximum absolute atomic E-state index is 12.6. The molecule has 6 nitrogen and oxygen atoms in total. The Morgan fingerprint density at radius 3 is 2.96 bits per heavy atom. The highest BCUT2D eigenvalue weighted by molar-refractivity contribution is 6.01. The normalized spacial score (nSPS) is 13.1. The van der Waals surface area contributed by atoms with Gasteiger partial charge in [0.1, 0.15) is 0 Å². The molecule has 0 saturated carbocycles. The van der Waals surface area contributed by atoms with Gasteiger partial charge in [-0.2, -0.15) is 10.4 Å². The van der Waals surface area contributed by atoms with Gasteiger partial charge < -0.3 is 10.6 Å². The average molecular weight is 329 g/mol. The van der Waals surface area contributed by atoms with Crippen LogP contribution in [0.3, 0.4) is 0 Å². The Labute approximate surface area is 144 Å². The predicted octanol–water partition coefficient (Wildman–Crippen LogP) is 2.85. The van der Waals surface area contributed by atoms with Crippen molar-refractivity contribution < 1.29 is 4.79 Å². The van der Waals surface area contributed by atoms with Gasteiger partial charge >= 0.3 is 0 Å². The van der Waals surface area contributed by atoms with E-state index >= 15 is 0 Å². The van der Waals surface area contributed by atoms with Gasteiger partial charge in [0.15, 0.2) is 5.82 Å². The van der Waals surface area contributed by atoms with Crippen LogP contribution in [0.5, 0.6) is 0 Å². The summed E-state index contributed by atoms with van der Waals surface area (Å²) in [5, 5.41) is 16.7. The number of hydrogen-bond donors (Lipinski definition) is 2. The molecule has 4 rings (SSSR count). The summed E-state index contributed by atoms with van der Waals surface area (Å²) in [6.45, 7) is 4.38. The van der Waals surface area contributed by atoms with E-state index in [2.05, 4.69) is 16.8 Å². The summed E-state index contributed by atoms with van der Waals surface area (Å²) < 4.78 is 0. The number of carbonyl (C=O) groups excluding carboxylic acids is 1. The molecule has 25 heavy (non-hydrogen) atoms. The monoisotopic (exact) mass is 329 g/mol. The minimum atomic E-state index is -0.0721. The van der Waals surface area contributed by atoms with Crippen molar-refractivity contribution in [1.82, 2.24) is 15.1 Å². The number of nitrogens with one attached hydrogen (secondary N) is 1. The number of aromatic amines is 1. The van der Waals surface area contributed by atoms with Gasteiger partial charge in [-0.1, -0.05) is 24.8 Å². The number of fused-ring (bicyclic) bond motifs is 2. The van der Waals surface area contributed by atoms with Crippen LogP contribution in [0.25, 0.3) is 22.0 Å². The first-order chi connectivity index (χ1) is 12.1. The van der Waals surface area contributed by atoms with E-state index in [9.17, 15) is 4.79 Å². The summed E-state index contributed by atoms with van der Waals surface area (Å²) in [6, 6.07) is 13.6. The predicted molar refractivity (Wildman–Crippen MR) is 95.4 cm³/mol. The number of nitrogens with two attached hydrogens (primary N) is 1. The van der Waals surface area contributed by atoms with Crippen LogP contribution in [0.2, 0.25) is 0 Å². The summed E-state index contributed by atoms with van der Waals surface area (Å²) in [5.74, 6) is 0.379. The minimum absolute atomic E-state index is 0.0721. The second-order valence-corrected chi connectivity index (χ2v) is 6.08. The van der Waals surface area contributed by atoms with Crippen molar-refractivity contribution in [1.29, 1.82) is 5.26 Å². The second-order valence-electron chi connectivity index (χ2n) is 6.08. The van der Waals surface area contributed by atoms with Gasteiger partial charge in [-0.3, -0.25) is 9.89 Å². The number of rotatable bonds is 3. The smallest absolute Gasteiger partial charge is 0.254 e. The first kappa shape index (κ1) is 15.0. The van der Waals surface area contributed by atoms with Crippen LogP contribution in [-0.4, -0.2) is 27.5 Å². The number of nitrogen functional groups attached to an aromatic ring is 1. The molecule has 0 unspecified atom stereocenters. The number of benzene rings is 2. The molecule has 1 aliphatic heterocycles. The highest BCUT2D eigenvalue weighted by Crippen LogP contribution is 2.34. The number of nitriles is 1. The van der Waals surface area contributed by atoms with Crippen LogP contribution in [0, 0.1) is 11.3 Å². The lowest BCUT2D eigenvalue weighted by Crippen LogP contribution is -2.25. The number of H-pyrrole nitrogens is 1. The number of anilines is 1. The van der Waals surface area contributed by atoms with Crippen LogP contribution in [0.1, 0.15) is 15.9 Å². The van der Waals surface area contributed by atoms with Gasteiger partial charge in [-0.15, -0.1) is 0 Å². The molecule has 0 fully saturated rings. The third kappa shape index (κ3) is 2.34. The molecule has 2 heterocycles. The molecule has 3 N–H and O–H groups in total. The van der Waals surface area contributed by atoms with Crippen LogP contribution in [-0.2, 0) is 6.54 Å². The van der Waals surface area contributed by atoms with Crippen LogP contribution in [0.15, 0.2) is 48.6 Å². The quantitative estimate of drug-likeness (QED) is 0.722. The van der Waals surface area contributed by atoms with E-state index in [1.807, 2.05) is 42.5 Å². The Kier molecular flexibility index (Phi) is 3.29. The van der Waals surface area contributed by atoms with E-state index in [1.165, 1.54) is 0 Å². The zero-order valence-corrected chi connectivity index (χ0v) is 13.4. The molecule has 6 heteroatoms. The van der Waals surface area contributed by atoms with E-state index in [0.717, 1.165) is 27.6 Å². The van der Waals surface area contributed by atoms with Gasteiger partial charge in [-0.25, -0.2) is 0 Å². The summed E-state index contributed by atoms with van der Waals surface area (Å²) in [6.07, 6.45) is 0. The Bertz CT molecular complexity index is 1070. The Morgan fingerprint density at radius 1 is 1.36 bits per heavy atom. The molecule has 1 aliphatic rings. The molecule has 0 aliphatic carbocycles. The molecule has 2 aromatic carbocycles. The molecule has 1 aromatic heterocycles. The molecule has 1 amide bonds. The third-order valence-corrected chi connectivity index (χ3v) is 4.49. The second kappa shape index (κ2) is 5.49. The fourth-order valence-corrected chi connectivity index (χ4v) is 3.26. The first-order valence-electron chi connectivity index (χ1n) is 7.81. The zero-order valence-electron chi connectivity index (χ0n) is 13.4. The molecule has 0 atom stereocenters. The van der Waals surface area contributed by atoms with Crippen molar-refractivity contribution in [2.45, 2.75) is 6.54 Å². The highest BCUT2D eigenvalue weighted by Gasteiger charge is 2.29. The van der Waals surface area contributed by atoms with Crippen LogP contribution in [0.4, 0.5) is 5.82 Å². The average Bonchev–Trinajstić information content (AvgIpc) is 3.15. The van der Waals surface area contributed by atoms with Crippen molar-refractivity contribution in [2.24, 2.45) is 0 Å².